The van der Waals surface area contributed by atoms with Crippen LogP contribution in [0.1, 0.15) is 23.2 Å². The van der Waals surface area contributed by atoms with Gasteiger partial charge in [-0.2, -0.15) is 5.10 Å². The van der Waals surface area contributed by atoms with Crippen LogP contribution >= 0.6 is 0 Å². The molecule has 2 fully saturated rings. The number of aryl methyl sites for hydroxylation is 1. The molecule has 0 atom stereocenters. The third kappa shape index (κ3) is 3.91. The molecule has 1 aliphatic heterocycles. The second kappa shape index (κ2) is 7.91. The Bertz CT molecular complexity index is 1140. The molecule has 2 aromatic carbocycles. The van der Waals surface area contributed by atoms with Gasteiger partial charge in [0.25, 0.3) is 11.8 Å². The summed E-state index contributed by atoms with van der Waals surface area (Å²) in [4.78, 5) is 28.6. The van der Waals surface area contributed by atoms with Crippen LogP contribution in [0.2, 0.25) is 0 Å². The standard InChI is InChI=1S/C25H26N4O3/c1-27-17-22(16-26-27)20-4-2-18(3-5-20)19-6-8-21(9-7-19)23(30)28-12-14-29(15-13-28)24(31)25(32)10-11-25/h2-9,16-17,32H,10-15H2,1H3. The van der Waals surface area contributed by atoms with E-state index in [0.717, 1.165) is 22.3 Å². The zero-order valence-corrected chi connectivity index (χ0v) is 18.1. The Morgan fingerprint density at radius 2 is 1.31 bits per heavy atom. The minimum Gasteiger partial charge on any atom is -0.380 e. The van der Waals surface area contributed by atoms with Gasteiger partial charge in [-0.1, -0.05) is 36.4 Å². The van der Waals surface area contributed by atoms with E-state index in [1.54, 1.807) is 14.5 Å². The van der Waals surface area contributed by atoms with Gasteiger partial charge in [0.2, 0.25) is 0 Å². The number of carbonyl (C=O) groups is 2. The first kappa shape index (κ1) is 20.5. The molecule has 7 nitrogen and oxygen atoms in total. The molecule has 1 N–H and O–H groups in total. The molecule has 0 radical (unpaired) electrons. The smallest absolute Gasteiger partial charge is 0.254 e. The van der Waals surface area contributed by atoms with Crippen LogP contribution in [0.4, 0.5) is 0 Å². The minimum absolute atomic E-state index is 0.0271. The lowest BCUT2D eigenvalue weighted by molar-refractivity contribution is -0.143. The largest absolute Gasteiger partial charge is 0.380 e. The topological polar surface area (TPSA) is 78.7 Å². The molecule has 0 unspecified atom stereocenters. The van der Waals surface area contributed by atoms with Gasteiger partial charge < -0.3 is 14.9 Å². The fourth-order valence-corrected chi connectivity index (χ4v) is 4.15. The molecule has 5 rings (SSSR count). The maximum atomic E-state index is 12.9. The van der Waals surface area contributed by atoms with Gasteiger partial charge >= 0.3 is 0 Å². The molecule has 0 bridgehead atoms. The monoisotopic (exact) mass is 430 g/mol. The Balaban J connectivity index is 1.22. The number of aliphatic hydroxyl groups is 1. The fraction of sp³-hybridized carbons (Fsp3) is 0.320. The molecule has 7 heteroatoms. The van der Waals surface area contributed by atoms with Crippen LogP contribution in [0.25, 0.3) is 22.3 Å². The van der Waals surface area contributed by atoms with Crippen molar-refractivity contribution < 1.29 is 14.7 Å². The van der Waals surface area contributed by atoms with Crippen LogP contribution in [-0.2, 0) is 11.8 Å². The van der Waals surface area contributed by atoms with E-state index >= 15 is 0 Å². The minimum atomic E-state index is -1.14. The number of nitrogens with zero attached hydrogens (tertiary/aromatic N) is 4. The van der Waals surface area contributed by atoms with E-state index in [1.165, 1.54) is 0 Å². The lowest BCUT2D eigenvalue weighted by Gasteiger charge is -2.35. The van der Waals surface area contributed by atoms with Gasteiger partial charge in [0.15, 0.2) is 0 Å². The Hall–Kier alpha value is -3.45. The molecule has 2 aliphatic rings. The van der Waals surface area contributed by atoms with E-state index in [1.807, 2.05) is 43.7 Å². The summed E-state index contributed by atoms with van der Waals surface area (Å²) in [6.07, 6.45) is 4.92. The van der Waals surface area contributed by atoms with Crippen molar-refractivity contribution >= 4 is 11.8 Å². The third-order valence-corrected chi connectivity index (χ3v) is 6.36. The molecule has 3 aromatic rings. The van der Waals surface area contributed by atoms with Crippen molar-refractivity contribution in [2.45, 2.75) is 18.4 Å². The zero-order chi connectivity index (χ0) is 22.3. The number of hydrogen-bond acceptors (Lipinski definition) is 4. The number of benzene rings is 2. The molecule has 0 spiro atoms. The number of carbonyl (C=O) groups excluding carboxylic acids is 2. The first-order valence-corrected chi connectivity index (χ1v) is 10.9. The van der Waals surface area contributed by atoms with Crippen molar-refractivity contribution in [1.82, 2.24) is 19.6 Å². The second-order valence-electron chi connectivity index (χ2n) is 8.67. The number of aromatic nitrogens is 2. The van der Waals surface area contributed by atoms with Gasteiger partial charge in [-0.25, -0.2) is 0 Å². The van der Waals surface area contributed by atoms with E-state index < -0.39 is 5.60 Å². The van der Waals surface area contributed by atoms with Crippen molar-refractivity contribution in [3.63, 3.8) is 0 Å². The van der Waals surface area contributed by atoms with Crippen LogP contribution in [0.15, 0.2) is 60.9 Å². The van der Waals surface area contributed by atoms with Crippen molar-refractivity contribution in [3.8, 4) is 22.3 Å². The first-order valence-electron chi connectivity index (χ1n) is 10.9. The predicted octanol–water partition coefficient (Wildman–Crippen LogP) is 2.56. The van der Waals surface area contributed by atoms with Crippen molar-refractivity contribution in [1.29, 1.82) is 0 Å². The van der Waals surface area contributed by atoms with Crippen molar-refractivity contribution in [3.05, 3.63) is 66.5 Å². The highest BCUT2D eigenvalue weighted by atomic mass is 16.3. The molecule has 2 heterocycles. The average molecular weight is 431 g/mol. The van der Waals surface area contributed by atoms with Crippen LogP contribution in [0, 0.1) is 0 Å². The normalized spacial score (nSPS) is 17.3. The van der Waals surface area contributed by atoms with Gasteiger partial charge in [0.1, 0.15) is 5.60 Å². The van der Waals surface area contributed by atoms with Crippen LogP contribution in [0.5, 0.6) is 0 Å². The zero-order valence-electron chi connectivity index (χ0n) is 18.1. The molecule has 1 saturated heterocycles. The highest BCUT2D eigenvalue weighted by molar-refractivity contribution is 5.95. The Kier molecular flexibility index (Phi) is 5.06. The highest BCUT2D eigenvalue weighted by Crippen LogP contribution is 2.37. The maximum Gasteiger partial charge on any atom is 0.254 e. The summed E-state index contributed by atoms with van der Waals surface area (Å²) in [6.45, 7) is 1.90. The first-order chi connectivity index (χ1) is 15.4. The average Bonchev–Trinajstić information content (AvgIpc) is 3.44. The predicted molar refractivity (Wildman–Crippen MR) is 121 cm³/mol. The number of amides is 2. The SMILES string of the molecule is Cn1cc(-c2ccc(-c3ccc(C(=O)N4CCN(C(=O)C5(O)CC5)CC4)cc3)cc2)cn1. The van der Waals surface area contributed by atoms with Crippen LogP contribution in [-0.4, -0.2) is 68.3 Å². The summed E-state index contributed by atoms with van der Waals surface area (Å²) in [5, 5.41) is 14.2. The molecular weight excluding hydrogens is 404 g/mol. The van der Waals surface area contributed by atoms with E-state index in [2.05, 4.69) is 29.4 Å². The highest BCUT2D eigenvalue weighted by Gasteiger charge is 2.50. The summed E-state index contributed by atoms with van der Waals surface area (Å²) in [5.74, 6) is -0.218. The van der Waals surface area contributed by atoms with Crippen molar-refractivity contribution in [2.75, 3.05) is 26.2 Å². The fourth-order valence-electron chi connectivity index (χ4n) is 4.15. The summed E-state index contributed by atoms with van der Waals surface area (Å²) >= 11 is 0. The molecule has 32 heavy (non-hydrogen) atoms. The molecular formula is C25H26N4O3. The van der Waals surface area contributed by atoms with Gasteiger partial charge in [0.05, 0.1) is 6.20 Å². The van der Waals surface area contributed by atoms with Crippen LogP contribution < -0.4 is 0 Å². The number of rotatable bonds is 4. The van der Waals surface area contributed by atoms with Gasteiger partial charge in [-0.3, -0.25) is 14.3 Å². The van der Waals surface area contributed by atoms with Gasteiger partial charge in [-0.05, 0) is 41.7 Å². The number of hydrogen-bond donors (Lipinski definition) is 1. The van der Waals surface area contributed by atoms with Gasteiger partial charge in [0, 0.05) is 50.6 Å². The van der Waals surface area contributed by atoms with Crippen LogP contribution in [0.3, 0.4) is 0 Å². The maximum absolute atomic E-state index is 12.9. The van der Waals surface area contributed by atoms with Gasteiger partial charge in [-0.15, -0.1) is 0 Å². The molecule has 1 aliphatic carbocycles. The van der Waals surface area contributed by atoms with Crippen molar-refractivity contribution in [2.24, 2.45) is 7.05 Å². The second-order valence-corrected chi connectivity index (χ2v) is 8.67. The lowest BCUT2D eigenvalue weighted by atomic mass is 10.0. The molecule has 164 valence electrons. The summed E-state index contributed by atoms with van der Waals surface area (Å²) < 4.78 is 1.78. The lowest BCUT2D eigenvalue weighted by Crippen LogP contribution is -2.53. The summed E-state index contributed by atoms with van der Waals surface area (Å²) in [6, 6.07) is 15.9. The number of piperazine rings is 1. The molecule has 2 amide bonds. The van der Waals surface area contributed by atoms with E-state index in [0.29, 0.717) is 44.6 Å². The van der Waals surface area contributed by atoms with E-state index in [9.17, 15) is 14.7 Å². The Morgan fingerprint density at radius 3 is 1.81 bits per heavy atom. The Labute approximate surface area is 186 Å². The molecule has 1 saturated carbocycles. The molecule has 1 aromatic heterocycles. The van der Waals surface area contributed by atoms with E-state index in [-0.39, 0.29) is 11.8 Å². The quantitative estimate of drug-likeness (QED) is 0.690. The third-order valence-electron chi connectivity index (χ3n) is 6.36. The Morgan fingerprint density at radius 1 is 0.812 bits per heavy atom. The van der Waals surface area contributed by atoms with E-state index in [4.69, 9.17) is 0 Å². The summed E-state index contributed by atoms with van der Waals surface area (Å²) in [7, 11) is 1.90. The summed E-state index contributed by atoms with van der Waals surface area (Å²) in [5.41, 5.74) is 3.82.